The van der Waals surface area contributed by atoms with E-state index in [9.17, 15) is 4.79 Å². The fourth-order valence-electron chi connectivity index (χ4n) is 2.91. The van der Waals surface area contributed by atoms with Crippen LogP contribution in [0.25, 0.3) is 0 Å². The molecule has 0 bridgehead atoms. The Balaban J connectivity index is 1.62. The number of thiazole rings is 1. The minimum atomic E-state index is -0.0763. The predicted octanol–water partition coefficient (Wildman–Crippen LogP) is 2.85. The lowest BCUT2D eigenvalue weighted by molar-refractivity contribution is -0.0102. The molecule has 1 aliphatic heterocycles. The van der Waals surface area contributed by atoms with E-state index in [2.05, 4.69) is 10.3 Å². The monoisotopic (exact) mass is 324 g/mol. The highest BCUT2D eigenvalue weighted by atomic mass is 32.1. The SMILES string of the molecule is COC(C)c1nc(C)c(C(=O)NC2CCOC(C3CC3)C2)s1. The number of ether oxygens (including phenoxy) is 2. The number of rotatable bonds is 5. The van der Waals surface area contributed by atoms with Gasteiger partial charge in [0.1, 0.15) is 16.0 Å². The molecule has 0 aromatic carbocycles. The van der Waals surface area contributed by atoms with Gasteiger partial charge in [-0.25, -0.2) is 4.98 Å². The molecule has 5 nitrogen and oxygen atoms in total. The first-order valence-corrected chi connectivity index (χ1v) is 8.82. The molecule has 6 heteroatoms. The predicted molar refractivity (Wildman–Crippen MR) is 85.2 cm³/mol. The van der Waals surface area contributed by atoms with Gasteiger partial charge in [-0.05, 0) is 45.4 Å². The van der Waals surface area contributed by atoms with Crippen molar-refractivity contribution in [3.05, 3.63) is 15.6 Å². The molecule has 0 spiro atoms. The highest BCUT2D eigenvalue weighted by molar-refractivity contribution is 7.13. The van der Waals surface area contributed by atoms with Crippen molar-refractivity contribution in [2.75, 3.05) is 13.7 Å². The molecule has 2 aliphatic rings. The van der Waals surface area contributed by atoms with E-state index in [1.807, 2.05) is 13.8 Å². The summed E-state index contributed by atoms with van der Waals surface area (Å²) in [5.74, 6) is 0.713. The summed E-state index contributed by atoms with van der Waals surface area (Å²) >= 11 is 1.43. The summed E-state index contributed by atoms with van der Waals surface area (Å²) in [6.07, 6.45) is 4.65. The quantitative estimate of drug-likeness (QED) is 0.905. The molecule has 122 valence electrons. The van der Waals surface area contributed by atoms with E-state index in [1.54, 1.807) is 7.11 Å². The zero-order chi connectivity index (χ0) is 15.7. The molecule has 1 saturated heterocycles. The third-order valence-corrected chi connectivity index (χ3v) is 5.84. The smallest absolute Gasteiger partial charge is 0.263 e. The Bertz CT molecular complexity index is 541. The third kappa shape index (κ3) is 3.50. The van der Waals surface area contributed by atoms with Crippen molar-refractivity contribution in [2.24, 2.45) is 5.92 Å². The van der Waals surface area contributed by atoms with Crippen molar-refractivity contribution in [3.63, 3.8) is 0 Å². The van der Waals surface area contributed by atoms with Crippen LogP contribution in [0.15, 0.2) is 0 Å². The van der Waals surface area contributed by atoms with Gasteiger partial charge in [0.15, 0.2) is 0 Å². The highest BCUT2D eigenvalue weighted by Crippen LogP contribution is 2.38. The van der Waals surface area contributed by atoms with E-state index in [4.69, 9.17) is 9.47 Å². The highest BCUT2D eigenvalue weighted by Gasteiger charge is 2.36. The van der Waals surface area contributed by atoms with Gasteiger partial charge < -0.3 is 14.8 Å². The van der Waals surface area contributed by atoms with Crippen LogP contribution >= 0.6 is 11.3 Å². The van der Waals surface area contributed by atoms with E-state index in [0.717, 1.165) is 36.1 Å². The number of nitrogens with one attached hydrogen (secondary N) is 1. The standard InChI is InChI=1S/C16H24N2O3S/c1-9-14(22-16(17-9)10(2)20-3)15(19)18-12-6-7-21-13(8-12)11-4-5-11/h10-13H,4-8H2,1-3H3,(H,18,19). The van der Waals surface area contributed by atoms with Crippen molar-refractivity contribution >= 4 is 17.2 Å². The van der Waals surface area contributed by atoms with Crippen LogP contribution in [-0.4, -0.2) is 36.8 Å². The van der Waals surface area contributed by atoms with Crippen molar-refractivity contribution in [1.82, 2.24) is 10.3 Å². The van der Waals surface area contributed by atoms with Gasteiger partial charge in [0.2, 0.25) is 0 Å². The summed E-state index contributed by atoms with van der Waals surface area (Å²) in [5.41, 5.74) is 0.784. The molecule has 22 heavy (non-hydrogen) atoms. The Morgan fingerprint density at radius 3 is 2.91 bits per heavy atom. The molecule has 1 amide bonds. The average molecular weight is 324 g/mol. The molecule has 1 saturated carbocycles. The Morgan fingerprint density at radius 1 is 1.45 bits per heavy atom. The molecule has 2 fully saturated rings. The zero-order valence-electron chi connectivity index (χ0n) is 13.4. The fourth-order valence-corrected chi connectivity index (χ4v) is 3.91. The first-order chi connectivity index (χ1) is 10.6. The molecule has 3 unspecified atom stereocenters. The van der Waals surface area contributed by atoms with E-state index in [1.165, 1.54) is 24.2 Å². The number of hydrogen-bond donors (Lipinski definition) is 1. The van der Waals surface area contributed by atoms with Crippen LogP contribution in [0.3, 0.4) is 0 Å². The molecular weight excluding hydrogens is 300 g/mol. The number of methoxy groups -OCH3 is 1. The Kier molecular flexibility index (Phi) is 4.80. The summed E-state index contributed by atoms with van der Waals surface area (Å²) in [6.45, 7) is 4.58. The first-order valence-electron chi connectivity index (χ1n) is 8.01. The minimum absolute atomic E-state index is 0.00833. The molecule has 0 radical (unpaired) electrons. The largest absolute Gasteiger partial charge is 0.378 e. The number of amides is 1. The number of aromatic nitrogens is 1. The lowest BCUT2D eigenvalue weighted by atomic mass is 10.00. The first kappa shape index (κ1) is 15.9. The number of carbonyl (C=O) groups is 1. The molecule has 1 N–H and O–H groups in total. The van der Waals surface area contributed by atoms with E-state index >= 15 is 0 Å². The molecular formula is C16H24N2O3S. The van der Waals surface area contributed by atoms with Crippen LogP contribution in [0, 0.1) is 12.8 Å². The molecule has 1 aromatic rings. The Morgan fingerprint density at radius 2 is 2.23 bits per heavy atom. The second kappa shape index (κ2) is 6.64. The summed E-state index contributed by atoms with van der Waals surface area (Å²) in [7, 11) is 1.65. The second-order valence-corrected chi connectivity index (χ2v) is 7.32. The van der Waals surface area contributed by atoms with Gasteiger partial charge in [0.25, 0.3) is 5.91 Å². The number of hydrogen-bond acceptors (Lipinski definition) is 5. The number of aryl methyl sites for hydroxylation is 1. The van der Waals surface area contributed by atoms with Gasteiger partial charge in [-0.1, -0.05) is 0 Å². The zero-order valence-corrected chi connectivity index (χ0v) is 14.2. The van der Waals surface area contributed by atoms with Crippen LogP contribution in [0.1, 0.15) is 59.1 Å². The summed E-state index contributed by atoms with van der Waals surface area (Å²) in [5, 5.41) is 4.02. The van der Waals surface area contributed by atoms with Gasteiger partial charge in [0.05, 0.1) is 11.8 Å². The molecule has 3 rings (SSSR count). The maximum Gasteiger partial charge on any atom is 0.263 e. The molecule has 1 aromatic heterocycles. The lowest BCUT2D eigenvalue weighted by Gasteiger charge is -2.30. The van der Waals surface area contributed by atoms with Crippen molar-refractivity contribution in [2.45, 2.75) is 57.8 Å². The molecule has 1 aliphatic carbocycles. The van der Waals surface area contributed by atoms with Gasteiger partial charge in [0, 0.05) is 19.8 Å². The van der Waals surface area contributed by atoms with Crippen LogP contribution in [0.2, 0.25) is 0 Å². The molecule has 2 heterocycles. The Hall–Kier alpha value is -0.980. The van der Waals surface area contributed by atoms with Gasteiger partial charge in [-0.3, -0.25) is 4.79 Å². The van der Waals surface area contributed by atoms with Crippen molar-refractivity contribution < 1.29 is 14.3 Å². The Labute approximate surface area is 135 Å². The lowest BCUT2D eigenvalue weighted by Crippen LogP contribution is -2.42. The van der Waals surface area contributed by atoms with Crippen LogP contribution in [0.4, 0.5) is 0 Å². The molecule has 3 atom stereocenters. The van der Waals surface area contributed by atoms with E-state index in [-0.39, 0.29) is 18.1 Å². The summed E-state index contributed by atoms with van der Waals surface area (Å²) in [4.78, 5) is 17.7. The number of carbonyl (C=O) groups excluding carboxylic acids is 1. The topological polar surface area (TPSA) is 60.5 Å². The van der Waals surface area contributed by atoms with Crippen LogP contribution in [-0.2, 0) is 9.47 Å². The van der Waals surface area contributed by atoms with Gasteiger partial charge in [-0.15, -0.1) is 11.3 Å². The second-order valence-electron chi connectivity index (χ2n) is 6.29. The van der Waals surface area contributed by atoms with Gasteiger partial charge >= 0.3 is 0 Å². The van der Waals surface area contributed by atoms with Crippen LogP contribution < -0.4 is 5.32 Å². The average Bonchev–Trinajstić information content (AvgIpc) is 3.29. The maximum atomic E-state index is 12.5. The van der Waals surface area contributed by atoms with Gasteiger partial charge in [-0.2, -0.15) is 0 Å². The fraction of sp³-hybridized carbons (Fsp3) is 0.750. The van der Waals surface area contributed by atoms with Crippen LogP contribution in [0.5, 0.6) is 0 Å². The van der Waals surface area contributed by atoms with E-state index < -0.39 is 0 Å². The summed E-state index contributed by atoms with van der Waals surface area (Å²) in [6, 6.07) is 0.219. The van der Waals surface area contributed by atoms with Crippen molar-refractivity contribution in [3.8, 4) is 0 Å². The minimum Gasteiger partial charge on any atom is -0.378 e. The van der Waals surface area contributed by atoms with Crippen molar-refractivity contribution in [1.29, 1.82) is 0 Å². The summed E-state index contributed by atoms with van der Waals surface area (Å²) < 4.78 is 11.1. The van der Waals surface area contributed by atoms with E-state index in [0.29, 0.717) is 11.0 Å². The third-order valence-electron chi connectivity index (χ3n) is 4.52. The maximum absolute atomic E-state index is 12.5. The normalized spacial score (nSPS) is 26.7. The number of nitrogens with zero attached hydrogens (tertiary/aromatic N) is 1.